The zero-order chi connectivity index (χ0) is 22.7. The van der Waals surface area contributed by atoms with Crippen LogP contribution in [-0.2, 0) is 14.3 Å². The van der Waals surface area contributed by atoms with Crippen LogP contribution >= 0.6 is 11.6 Å². The van der Waals surface area contributed by atoms with E-state index in [0.717, 1.165) is 13.1 Å². The van der Waals surface area contributed by atoms with Crippen molar-refractivity contribution in [1.29, 1.82) is 0 Å². The molecule has 0 unspecified atom stereocenters. The van der Waals surface area contributed by atoms with Gasteiger partial charge in [0.25, 0.3) is 11.7 Å². The number of nitrogens with zero attached hydrogens (tertiary/aromatic N) is 2. The highest BCUT2D eigenvalue weighted by atomic mass is 35.5. The van der Waals surface area contributed by atoms with Crippen LogP contribution in [0.4, 0.5) is 0 Å². The average molecular weight is 457 g/mol. The lowest BCUT2D eigenvalue weighted by molar-refractivity contribution is -0.140. The molecule has 1 amide bonds. The molecule has 2 aliphatic heterocycles. The zero-order valence-corrected chi connectivity index (χ0v) is 18.5. The number of amides is 1. The number of hydrogen-bond acceptors (Lipinski definition) is 6. The maximum atomic E-state index is 13.1. The number of aliphatic hydroxyl groups is 1. The van der Waals surface area contributed by atoms with Gasteiger partial charge in [-0.15, -0.1) is 0 Å². The van der Waals surface area contributed by atoms with Crippen molar-refractivity contribution in [1.82, 2.24) is 9.80 Å². The van der Waals surface area contributed by atoms with E-state index < -0.39 is 17.7 Å². The first kappa shape index (κ1) is 22.3. The Morgan fingerprint density at radius 2 is 1.78 bits per heavy atom. The number of ketones is 1. The van der Waals surface area contributed by atoms with Gasteiger partial charge < -0.3 is 19.5 Å². The fourth-order valence-electron chi connectivity index (χ4n) is 4.16. The van der Waals surface area contributed by atoms with Crippen molar-refractivity contribution in [2.75, 3.05) is 46.5 Å². The van der Waals surface area contributed by atoms with Gasteiger partial charge in [0.15, 0.2) is 0 Å². The number of para-hydroxylation sites is 1. The van der Waals surface area contributed by atoms with Crippen molar-refractivity contribution < 1.29 is 24.2 Å². The summed E-state index contributed by atoms with van der Waals surface area (Å²) in [5.41, 5.74) is 1.11. The number of carbonyl (C=O) groups excluding carboxylic acids is 2. The van der Waals surface area contributed by atoms with Gasteiger partial charge in [-0.2, -0.15) is 0 Å². The van der Waals surface area contributed by atoms with Crippen molar-refractivity contribution in [2.24, 2.45) is 0 Å². The Kier molecular flexibility index (Phi) is 6.79. The molecule has 8 heteroatoms. The molecule has 0 radical (unpaired) electrons. The van der Waals surface area contributed by atoms with E-state index in [2.05, 4.69) is 4.90 Å². The van der Waals surface area contributed by atoms with Crippen molar-refractivity contribution >= 4 is 29.1 Å². The molecule has 1 N–H and O–H groups in total. The van der Waals surface area contributed by atoms with E-state index in [0.29, 0.717) is 48.2 Å². The van der Waals surface area contributed by atoms with E-state index >= 15 is 0 Å². The molecule has 2 aromatic carbocycles. The molecule has 2 saturated heterocycles. The summed E-state index contributed by atoms with van der Waals surface area (Å²) < 4.78 is 10.9. The van der Waals surface area contributed by atoms with Crippen LogP contribution in [0.1, 0.15) is 17.2 Å². The van der Waals surface area contributed by atoms with Crippen LogP contribution in [-0.4, -0.2) is 73.1 Å². The first-order chi connectivity index (χ1) is 15.5. The highest BCUT2D eigenvalue weighted by Crippen LogP contribution is 2.42. The summed E-state index contributed by atoms with van der Waals surface area (Å²) >= 11 is 5.97. The third-order valence-electron chi connectivity index (χ3n) is 5.85. The molecule has 0 saturated carbocycles. The molecule has 2 aliphatic rings. The number of halogens is 1. The van der Waals surface area contributed by atoms with Crippen LogP contribution in [0, 0.1) is 0 Å². The SMILES string of the molecule is COc1ccccc1[C@H]1/C(=C(/O)c2ccc(Cl)cc2)C(=O)C(=O)N1CCN1CCOCC1. The van der Waals surface area contributed by atoms with Crippen molar-refractivity contribution in [3.05, 3.63) is 70.3 Å². The quantitative estimate of drug-likeness (QED) is 0.409. The molecular formula is C24H25ClN2O5. The van der Waals surface area contributed by atoms with Crippen molar-refractivity contribution in [2.45, 2.75) is 6.04 Å². The Morgan fingerprint density at radius 3 is 2.47 bits per heavy atom. The van der Waals surface area contributed by atoms with Crippen LogP contribution in [0.2, 0.25) is 5.02 Å². The number of aliphatic hydroxyl groups excluding tert-OH is 1. The number of ether oxygens (including phenoxy) is 2. The van der Waals surface area contributed by atoms with Gasteiger partial charge in [-0.3, -0.25) is 14.5 Å². The number of hydrogen-bond donors (Lipinski definition) is 1. The Hall–Kier alpha value is -2.87. The molecule has 0 spiro atoms. The fourth-order valence-corrected chi connectivity index (χ4v) is 4.29. The summed E-state index contributed by atoms with van der Waals surface area (Å²) in [6.45, 7) is 3.77. The molecule has 0 aliphatic carbocycles. The summed E-state index contributed by atoms with van der Waals surface area (Å²) in [5.74, 6) is -1.04. The number of morpholine rings is 1. The molecule has 2 heterocycles. The summed E-state index contributed by atoms with van der Waals surface area (Å²) in [6, 6.07) is 13.0. The lowest BCUT2D eigenvalue weighted by Gasteiger charge is -2.31. The zero-order valence-electron chi connectivity index (χ0n) is 17.8. The van der Waals surface area contributed by atoms with Gasteiger partial charge in [-0.25, -0.2) is 0 Å². The second-order valence-corrected chi connectivity index (χ2v) is 8.13. The number of carbonyl (C=O) groups is 2. The molecule has 0 bridgehead atoms. The van der Waals surface area contributed by atoms with Crippen LogP contribution in [0.5, 0.6) is 5.75 Å². The van der Waals surface area contributed by atoms with Gasteiger partial charge >= 0.3 is 0 Å². The topological polar surface area (TPSA) is 79.3 Å². The first-order valence-corrected chi connectivity index (χ1v) is 10.9. The van der Waals surface area contributed by atoms with E-state index in [1.807, 2.05) is 18.2 Å². The van der Waals surface area contributed by atoms with Gasteiger partial charge in [-0.1, -0.05) is 29.8 Å². The Morgan fingerprint density at radius 1 is 1.09 bits per heavy atom. The van der Waals surface area contributed by atoms with Gasteiger partial charge in [-0.05, 0) is 30.3 Å². The Balaban J connectivity index is 1.77. The van der Waals surface area contributed by atoms with Gasteiger partial charge in [0.2, 0.25) is 0 Å². The fraction of sp³-hybridized carbons (Fsp3) is 0.333. The number of methoxy groups -OCH3 is 1. The largest absolute Gasteiger partial charge is 0.507 e. The van der Waals surface area contributed by atoms with Gasteiger partial charge in [0.05, 0.1) is 31.9 Å². The summed E-state index contributed by atoms with van der Waals surface area (Å²) in [7, 11) is 1.54. The molecule has 2 aromatic rings. The lowest BCUT2D eigenvalue weighted by Crippen LogP contribution is -2.42. The molecule has 7 nitrogen and oxygen atoms in total. The highest BCUT2D eigenvalue weighted by Gasteiger charge is 2.47. The maximum Gasteiger partial charge on any atom is 0.295 e. The van der Waals surface area contributed by atoms with Crippen molar-refractivity contribution in [3.8, 4) is 5.75 Å². The molecule has 4 rings (SSSR count). The third kappa shape index (κ3) is 4.37. The van der Waals surface area contributed by atoms with Crippen LogP contribution in [0.3, 0.4) is 0 Å². The minimum absolute atomic E-state index is 0.0452. The predicted molar refractivity (Wildman–Crippen MR) is 121 cm³/mol. The molecular weight excluding hydrogens is 432 g/mol. The Bertz CT molecular complexity index is 1030. The second-order valence-electron chi connectivity index (χ2n) is 7.70. The summed E-state index contributed by atoms with van der Waals surface area (Å²) in [5, 5.41) is 11.6. The normalized spacial score (nSPS) is 21.2. The summed E-state index contributed by atoms with van der Waals surface area (Å²) in [4.78, 5) is 29.9. The number of Topliss-reactive ketones (excluding diaryl/α,β-unsaturated/α-hetero) is 1. The average Bonchev–Trinajstić information content (AvgIpc) is 3.08. The smallest absolute Gasteiger partial charge is 0.295 e. The maximum absolute atomic E-state index is 13.1. The van der Waals surface area contributed by atoms with Gasteiger partial charge in [0.1, 0.15) is 11.5 Å². The standard InChI is InChI=1S/C24H25ClN2O5/c1-31-19-5-3-2-4-18(19)21-20(22(28)16-6-8-17(25)9-7-16)23(29)24(30)27(21)11-10-26-12-14-32-15-13-26/h2-9,21,28H,10-15H2,1H3/b22-20-/t21-/m0/s1. The molecule has 0 aromatic heterocycles. The van der Waals surface area contributed by atoms with Crippen LogP contribution in [0.15, 0.2) is 54.1 Å². The molecule has 1 atom stereocenters. The van der Waals surface area contributed by atoms with E-state index in [-0.39, 0.29) is 11.3 Å². The van der Waals surface area contributed by atoms with E-state index in [1.165, 1.54) is 12.0 Å². The summed E-state index contributed by atoms with van der Waals surface area (Å²) in [6.07, 6.45) is 0. The first-order valence-electron chi connectivity index (χ1n) is 10.5. The van der Waals surface area contributed by atoms with E-state index in [4.69, 9.17) is 21.1 Å². The molecule has 2 fully saturated rings. The predicted octanol–water partition coefficient (Wildman–Crippen LogP) is 3.10. The molecule has 32 heavy (non-hydrogen) atoms. The minimum Gasteiger partial charge on any atom is -0.507 e. The monoisotopic (exact) mass is 456 g/mol. The second kappa shape index (κ2) is 9.73. The van der Waals surface area contributed by atoms with Crippen molar-refractivity contribution in [3.63, 3.8) is 0 Å². The lowest BCUT2D eigenvalue weighted by atomic mass is 9.94. The van der Waals surface area contributed by atoms with E-state index in [9.17, 15) is 14.7 Å². The van der Waals surface area contributed by atoms with E-state index in [1.54, 1.807) is 30.3 Å². The third-order valence-corrected chi connectivity index (χ3v) is 6.10. The minimum atomic E-state index is -0.761. The number of rotatable bonds is 6. The van der Waals surface area contributed by atoms with Crippen LogP contribution < -0.4 is 4.74 Å². The van der Waals surface area contributed by atoms with Gasteiger partial charge in [0, 0.05) is 42.3 Å². The molecule has 168 valence electrons. The Labute approximate surface area is 191 Å². The number of likely N-dealkylation sites (tertiary alicyclic amines) is 1. The number of benzene rings is 2. The highest BCUT2D eigenvalue weighted by molar-refractivity contribution is 6.46. The van der Waals surface area contributed by atoms with Crippen LogP contribution in [0.25, 0.3) is 5.76 Å².